The molecule has 1 atom stereocenters. The Kier molecular flexibility index (Phi) is 3.97. The minimum Gasteiger partial charge on any atom is -0.396 e. The maximum atomic E-state index is 9.03. The minimum absolute atomic E-state index is 0.298. The van der Waals surface area contributed by atoms with Crippen molar-refractivity contribution in [1.29, 1.82) is 0 Å². The van der Waals surface area contributed by atoms with Gasteiger partial charge in [0.15, 0.2) is 0 Å². The molecule has 1 saturated heterocycles. The zero-order valence-corrected chi connectivity index (χ0v) is 11.5. The molecule has 104 valence electrons. The van der Waals surface area contributed by atoms with Gasteiger partial charge < -0.3 is 10.0 Å². The minimum atomic E-state index is 0.298. The first kappa shape index (κ1) is 12.9. The quantitative estimate of drug-likeness (QED) is 0.901. The molecule has 0 saturated carbocycles. The number of aryl methyl sites for hydroxylation is 1. The Hall–Kier alpha value is -1.16. The summed E-state index contributed by atoms with van der Waals surface area (Å²) in [5, 5.41) is 9.03. The number of aliphatic hydroxyl groups excluding tert-OH is 1. The summed E-state index contributed by atoms with van der Waals surface area (Å²) in [6.07, 6.45) is 11.0. The van der Waals surface area contributed by atoms with Gasteiger partial charge in [-0.2, -0.15) is 0 Å². The lowest BCUT2D eigenvalue weighted by Gasteiger charge is -2.29. The standard InChI is InChI=1S/C15H23N3O/c19-10-4-6-12-5-3-9-18(12)15-13-7-1-2-8-14(13)16-11-17-15/h11-12,19H,1-10H2. The highest BCUT2D eigenvalue weighted by Crippen LogP contribution is 2.32. The Balaban J connectivity index is 1.84. The number of hydrogen-bond acceptors (Lipinski definition) is 4. The van der Waals surface area contributed by atoms with Gasteiger partial charge in [0.2, 0.25) is 0 Å². The highest BCUT2D eigenvalue weighted by molar-refractivity contribution is 5.51. The summed E-state index contributed by atoms with van der Waals surface area (Å²) in [6.45, 7) is 1.41. The molecule has 1 fully saturated rings. The molecule has 4 nitrogen and oxygen atoms in total. The third kappa shape index (κ3) is 2.59. The van der Waals surface area contributed by atoms with Crippen LogP contribution in [0.4, 0.5) is 5.82 Å². The summed E-state index contributed by atoms with van der Waals surface area (Å²) in [4.78, 5) is 11.5. The topological polar surface area (TPSA) is 49.2 Å². The smallest absolute Gasteiger partial charge is 0.135 e. The molecule has 4 heteroatoms. The number of aliphatic hydroxyl groups is 1. The molecule has 0 radical (unpaired) electrons. The van der Waals surface area contributed by atoms with Crippen LogP contribution in [0.2, 0.25) is 0 Å². The van der Waals surface area contributed by atoms with Crippen molar-refractivity contribution in [2.24, 2.45) is 0 Å². The molecule has 1 aliphatic carbocycles. The first-order chi connectivity index (χ1) is 9.40. The van der Waals surface area contributed by atoms with Crippen LogP contribution in [0.5, 0.6) is 0 Å². The van der Waals surface area contributed by atoms with Crippen molar-refractivity contribution in [2.45, 2.75) is 57.4 Å². The van der Waals surface area contributed by atoms with Crippen LogP contribution in [-0.4, -0.2) is 34.3 Å². The van der Waals surface area contributed by atoms with Crippen molar-refractivity contribution in [2.75, 3.05) is 18.1 Å². The van der Waals surface area contributed by atoms with Crippen LogP contribution in [0, 0.1) is 0 Å². The van der Waals surface area contributed by atoms with E-state index in [0.717, 1.165) is 32.2 Å². The monoisotopic (exact) mass is 261 g/mol. The summed E-state index contributed by atoms with van der Waals surface area (Å²) < 4.78 is 0. The summed E-state index contributed by atoms with van der Waals surface area (Å²) in [6, 6.07) is 0.563. The fourth-order valence-electron chi connectivity index (χ4n) is 3.49. The predicted molar refractivity (Wildman–Crippen MR) is 75.4 cm³/mol. The third-order valence-corrected chi connectivity index (χ3v) is 4.45. The van der Waals surface area contributed by atoms with E-state index in [9.17, 15) is 0 Å². The number of fused-ring (bicyclic) bond motifs is 1. The van der Waals surface area contributed by atoms with Crippen molar-refractivity contribution in [3.8, 4) is 0 Å². The van der Waals surface area contributed by atoms with E-state index in [2.05, 4.69) is 14.9 Å². The zero-order valence-electron chi connectivity index (χ0n) is 11.5. The van der Waals surface area contributed by atoms with Gasteiger partial charge in [0.05, 0.1) is 0 Å². The van der Waals surface area contributed by atoms with Gasteiger partial charge in [-0.1, -0.05) is 0 Å². The van der Waals surface area contributed by atoms with Gasteiger partial charge in [-0.25, -0.2) is 9.97 Å². The lowest BCUT2D eigenvalue weighted by molar-refractivity contribution is 0.279. The molecule has 0 amide bonds. The molecule has 0 aromatic carbocycles. The highest BCUT2D eigenvalue weighted by Gasteiger charge is 2.28. The van der Waals surface area contributed by atoms with Crippen LogP contribution in [0.1, 0.15) is 49.8 Å². The molecule has 1 aromatic heterocycles. The van der Waals surface area contributed by atoms with Crippen LogP contribution >= 0.6 is 0 Å². The van der Waals surface area contributed by atoms with Crippen LogP contribution < -0.4 is 4.90 Å². The average molecular weight is 261 g/mol. The normalized spacial score (nSPS) is 22.6. The Morgan fingerprint density at radius 2 is 2.11 bits per heavy atom. The van der Waals surface area contributed by atoms with E-state index in [1.807, 2.05) is 0 Å². The maximum Gasteiger partial charge on any atom is 0.135 e. The Bertz CT molecular complexity index is 435. The molecule has 3 rings (SSSR count). The average Bonchev–Trinajstić information content (AvgIpc) is 2.92. The van der Waals surface area contributed by atoms with E-state index in [4.69, 9.17) is 5.11 Å². The van der Waals surface area contributed by atoms with Crippen molar-refractivity contribution in [1.82, 2.24) is 9.97 Å². The van der Waals surface area contributed by atoms with Crippen LogP contribution in [0.15, 0.2) is 6.33 Å². The first-order valence-electron chi connectivity index (χ1n) is 7.60. The lowest BCUT2D eigenvalue weighted by atomic mass is 9.96. The number of aromatic nitrogens is 2. The van der Waals surface area contributed by atoms with E-state index < -0.39 is 0 Å². The second-order valence-corrected chi connectivity index (χ2v) is 5.68. The third-order valence-electron chi connectivity index (χ3n) is 4.45. The van der Waals surface area contributed by atoms with Crippen molar-refractivity contribution < 1.29 is 5.11 Å². The summed E-state index contributed by atoms with van der Waals surface area (Å²) in [5.74, 6) is 1.19. The Labute approximate surface area is 114 Å². The lowest BCUT2D eigenvalue weighted by Crippen LogP contribution is -2.32. The number of hydrogen-bond donors (Lipinski definition) is 1. The maximum absolute atomic E-state index is 9.03. The fourth-order valence-corrected chi connectivity index (χ4v) is 3.49. The molecule has 19 heavy (non-hydrogen) atoms. The molecule has 0 spiro atoms. The van der Waals surface area contributed by atoms with Gasteiger partial charge in [0.25, 0.3) is 0 Å². The Morgan fingerprint density at radius 1 is 1.21 bits per heavy atom. The van der Waals surface area contributed by atoms with Crippen molar-refractivity contribution in [3.63, 3.8) is 0 Å². The van der Waals surface area contributed by atoms with Gasteiger partial charge in [-0.05, 0) is 51.4 Å². The second-order valence-electron chi connectivity index (χ2n) is 5.68. The largest absolute Gasteiger partial charge is 0.396 e. The predicted octanol–water partition coefficient (Wildman–Crippen LogP) is 2.10. The van der Waals surface area contributed by atoms with Gasteiger partial charge in [-0.15, -0.1) is 0 Å². The van der Waals surface area contributed by atoms with E-state index in [1.54, 1.807) is 6.33 Å². The molecule has 1 aromatic rings. The van der Waals surface area contributed by atoms with Crippen LogP contribution in [0.3, 0.4) is 0 Å². The number of nitrogens with zero attached hydrogens (tertiary/aromatic N) is 3. The van der Waals surface area contributed by atoms with E-state index in [-0.39, 0.29) is 0 Å². The van der Waals surface area contributed by atoms with Crippen molar-refractivity contribution in [3.05, 3.63) is 17.6 Å². The summed E-state index contributed by atoms with van der Waals surface area (Å²) in [7, 11) is 0. The fraction of sp³-hybridized carbons (Fsp3) is 0.733. The first-order valence-corrected chi connectivity index (χ1v) is 7.60. The van der Waals surface area contributed by atoms with E-state index in [0.29, 0.717) is 12.6 Å². The molecule has 1 N–H and O–H groups in total. The number of rotatable bonds is 4. The molecule has 2 heterocycles. The van der Waals surface area contributed by atoms with E-state index >= 15 is 0 Å². The molecule has 1 unspecified atom stereocenters. The molecule has 0 bridgehead atoms. The van der Waals surface area contributed by atoms with Crippen molar-refractivity contribution >= 4 is 5.82 Å². The number of anilines is 1. The Morgan fingerprint density at radius 3 is 3.00 bits per heavy atom. The van der Waals surface area contributed by atoms with Gasteiger partial charge >= 0.3 is 0 Å². The van der Waals surface area contributed by atoms with Gasteiger partial charge in [-0.3, -0.25) is 0 Å². The molecule has 1 aliphatic heterocycles. The van der Waals surface area contributed by atoms with Crippen LogP contribution in [0.25, 0.3) is 0 Å². The van der Waals surface area contributed by atoms with Gasteiger partial charge in [0.1, 0.15) is 12.1 Å². The molecular formula is C15H23N3O. The SMILES string of the molecule is OCCCC1CCCN1c1ncnc2c1CCCC2. The highest BCUT2D eigenvalue weighted by atomic mass is 16.2. The zero-order chi connectivity index (χ0) is 13.1. The molecule has 2 aliphatic rings. The van der Waals surface area contributed by atoms with Crippen LogP contribution in [-0.2, 0) is 12.8 Å². The molecular weight excluding hydrogens is 238 g/mol. The van der Waals surface area contributed by atoms with Gasteiger partial charge in [0, 0.05) is 30.5 Å². The van der Waals surface area contributed by atoms with E-state index in [1.165, 1.54) is 42.8 Å². The summed E-state index contributed by atoms with van der Waals surface area (Å²) in [5.41, 5.74) is 2.66. The second kappa shape index (κ2) is 5.87. The summed E-state index contributed by atoms with van der Waals surface area (Å²) >= 11 is 0.